The predicted molar refractivity (Wildman–Crippen MR) is 77.0 cm³/mol. The van der Waals surface area contributed by atoms with Crippen molar-refractivity contribution in [1.82, 2.24) is 10.2 Å². The molecule has 0 spiro atoms. The van der Waals surface area contributed by atoms with E-state index >= 15 is 0 Å². The molecule has 3 fully saturated rings. The lowest BCUT2D eigenvalue weighted by atomic mass is 9.82. The molecule has 20 heavy (non-hydrogen) atoms. The van der Waals surface area contributed by atoms with Gasteiger partial charge in [-0.2, -0.15) is 0 Å². The molecule has 0 aromatic rings. The highest BCUT2D eigenvalue weighted by atomic mass is 16.2. The fourth-order valence-corrected chi connectivity index (χ4v) is 3.92. The molecule has 2 saturated carbocycles. The van der Waals surface area contributed by atoms with Crippen LogP contribution in [0.4, 0.5) is 0 Å². The molecular formula is C16H26N2O2. The Morgan fingerprint density at radius 2 is 1.90 bits per heavy atom. The summed E-state index contributed by atoms with van der Waals surface area (Å²) in [4.78, 5) is 26.8. The van der Waals surface area contributed by atoms with Crippen LogP contribution >= 0.6 is 0 Å². The van der Waals surface area contributed by atoms with Gasteiger partial charge in [-0.25, -0.2) is 0 Å². The summed E-state index contributed by atoms with van der Waals surface area (Å²) < 4.78 is 0. The molecule has 0 aromatic carbocycles. The van der Waals surface area contributed by atoms with Crippen LogP contribution in [0.2, 0.25) is 0 Å². The van der Waals surface area contributed by atoms with Crippen molar-refractivity contribution >= 4 is 11.8 Å². The van der Waals surface area contributed by atoms with Gasteiger partial charge in [0.1, 0.15) is 12.1 Å². The first-order chi connectivity index (χ1) is 9.56. The topological polar surface area (TPSA) is 49.4 Å². The van der Waals surface area contributed by atoms with Gasteiger partial charge in [-0.15, -0.1) is 0 Å². The quantitative estimate of drug-likeness (QED) is 0.856. The number of piperazine rings is 1. The molecule has 1 saturated heterocycles. The van der Waals surface area contributed by atoms with Crippen molar-refractivity contribution in [3.8, 4) is 0 Å². The van der Waals surface area contributed by atoms with E-state index in [1.165, 1.54) is 25.7 Å². The van der Waals surface area contributed by atoms with Gasteiger partial charge in [0.05, 0.1) is 0 Å². The minimum atomic E-state index is -0.304. The fourth-order valence-electron chi connectivity index (χ4n) is 3.92. The van der Waals surface area contributed by atoms with Gasteiger partial charge in [0.25, 0.3) is 0 Å². The van der Waals surface area contributed by atoms with E-state index in [1.807, 2.05) is 11.8 Å². The maximum Gasteiger partial charge on any atom is 0.246 e. The molecule has 0 aromatic heterocycles. The second-order valence-corrected chi connectivity index (χ2v) is 7.03. The number of carbonyl (C=O) groups excluding carboxylic acids is 2. The Bertz CT molecular complexity index is 411. The van der Waals surface area contributed by atoms with Gasteiger partial charge in [-0.05, 0) is 50.4 Å². The lowest BCUT2D eigenvalue weighted by molar-refractivity contribution is -0.151. The molecular weight excluding hydrogens is 252 g/mol. The first-order valence-electron chi connectivity index (χ1n) is 8.17. The summed E-state index contributed by atoms with van der Waals surface area (Å²) in [6.07, 6.45) is 8.21. The third kappa shape index (κ3) is 2.33. The van der Waals surface area contributed by atoms with Crippen LogP contribution in [0.25, 0.3) is 0 Å². The van der Waals surface area contributed by atoms with Crippen molar-refractivity contribution in [3.63, 3.8) is 0 Å². The molecule has 1 N–H and O–H groups in total. The second-order valence-electron chi connectivity index (χ2n) is 7.03. The highest BCUT2D eigenvalue weighted by Gasteiger charge is 2.47. The number of hydrogen-bond donors (Lipinski definition) is 1. The van der Waals surface area contributed by atoms with Crippen LogP contribution in [0.1, 0.15) is 58.8 Å². The van der Waals surface area contributed by atoms with Crippen LogP contribution in [0.5, 0.6) is 0 Å². The molecule has 4 heteroatoms. The van der Waals surface area contributed by atoms with E-state index < -0.39 is 0 Å². The summed E-state index contributed by atoms with van der Waals surface area (Å²) >= 11 is 0. The number of carbonyl (C=O) groups is 2. The zero-order valence-electron chi connectivity index (χ0n) is 12.7. The number of rotatable bonds is 4. The third-order valence-electron chi connectivity index (χ3n) is 5.71. The highest BCUT2D eigenvalue weighted by molar-refractivity contribution is 5.97. The summed E-state index contributed by atoms with van der Waals surface area (Å²) in [6.45, 7) is 4.87. The van der Waals surface area contributed by atoms with Crippen molar-refractivity contribution in [1.29, 1.82) is 0 Å². The van der Waals surface area contributed by atoms with Crippen molar-refractivity contribution in [2.45, 2.75) is 70.9 Å². The van der Waals surface area contributed by atoms with Gasteiger partial charge in [0.15, 0.2) is 0 Å². The molecule has 2 atom stereocenters. The molecule has 1 aliphatic heterocycles. The lowest BCUT2D eigenvalue weighted by Gasteiger charge is -2.42. The number of nitrogens with one attached hydrogen (secondary N) is 1. The Morgan fingerprint density at radius 3 is 2.45 bits per heavy atom. The van der Waals surface area contributed by atoms with Crippen molar-refractivity contribution < 1.29 is 9.59 Å². The number of amides is 2. The summed E-state index contributed by atoms with van der Waals surface area (Å²) in [6, 6.07) is -0.546. The van der Waals surface area contributed by atoms with Gasteiger partial charge in [-0.1, -0.05) is 19.8 Å². The molecule has 2 unspecified atom stereocenters. The van der Waals surface area contributed by atoms with Gasteiger partial charge in [0, 0.05) is 6.54 Å². The standard InChI is InChI=1S/C16H26N2O2/c1-3-16(8-4-5-9-16)10-18-11(2)14(19)17-13(15(18)20)12-6-7-12/h11-13H,3-10H2,1-2H3,(H,17,19). The molecule has 1 heterocycles. The van der Waals surface area contributed by atoms with Gasteiger partial charge in [0.2, 0.25) is 11.8 Å². The highest BCUT2D eigenvalue weighted by Crippen LogP contribution is 2.43. The Balaban J connectivity index is 1.78. The molecule has 0 radical (unpaired) electrons. The van der Waals surface area contributed by atoms with E-state index in [0.29, 0.717) is 5.92 Å². The van der Waals surface area contributed by atoms with Crippen molar-refractivity contribution in [3.05, 3.63) is 0 Å². The van der Waals surface area contributed by atoms with Crippen LogP contribution in [0.15, 0.2) is 0 Å². The van der Waals surface area contributed by atoms with Crippen LogP contribution in [0.3, 0.4) is 0 Å². The van der Waals surface area contributed by atoms with E-state index in [0.717, 1.165) is 25.8 Å². The summed E-state index contributed by atoms with van der Waals surface area (Å²) in [5.41, 5.74) is 0.260. The molecule has 2 amide bonds. The predicted octanol–water partition coefficient (Wildman–Crippen LogP) is 2.08. The molecule has 4 nitrogen and oxygen atoms in total. The van der Waals surface area contributed by atoms with E-state index in [9.17, 15) is 9.59 Å². The maximum atomic E-state index is 12.7. The average molecular weight is 278 g/mol. The lowest BCUT2D eigenvalue weighted by Crippen LogP contribution is -2.64. The van der Waals surface area contributed by atoms with E-state index in [2.05, 4.69) is 12.2 Å². The van der Waals surface area contributed by atoms with Crippen LogP contribution in [0, 0.1) is 11.3 Å². The maximum absolute atomic E-state index is 12.7. The fraction of sp³-hybridized carbons (Fsp3) is 0.875. The van der Waals surface area contributed by atoms with Gasteiger partial charge < -0.3 is 10.2 Å². The zero-order chi connectivity index (χ0) is 14.3. The SMILES string of the molecule is CCC1(CN2C(=O)C(C3CC3)NC(=O)C2C)CCCC1. The van der Waals surface area contributed by atoms with Crippen LogP contribution in [-0.4, -0.2) is 35.3 Å². The first-order valence-corrected chi connectivity index (χ1v) is 8.17. The third-order valence-corrected chi connectivity index (χ3v) is 5.71. The minimum absolute atomic E-state index is 0.0331. The van der Waals surface area contributed by atoms with Crippen molar-refractivity contribution in [2.24, 2.45) is 11.3 Å². The summed E-state index contributed by atoms with van der Waals surface area (Å²) in [5, 5.41) is 2.93. The minimum Gasteiger partial charge on any atom is -0.342 e. The van der Waals surface area contributed by atoms with Gasteiger partial charge in [-0.3, -0.25) is 9.59 Å². The van der Waals surface area contributed by atoms with Crippen LogP contribution in [-0.2, 0) is 9.59 Å². The Morgan fingerprint density at radius 1 is 1.25 bits per heavy atom. The van der Waals surface area contributed by atoms with E-state index in [4.69, 9.17) is 0 Å². The number of nitrogens with zero attached hydrogens (tertiary/aromatic N) is 1. The van der Waals surface area contributed by atoms with Gasteiger partial charge >= 0.3 is 0 Å². The Kier molecular flexibility index (Phi) is 3.51. The second kappa shape index (κ2) is 5.05. The first kappa shape index (κ1) is 13.9. The molecule has 112 valence electrons. The van der Waals surface area contributed by atoms with E-state index in [-0.39, 0.29) is 29.3 Å². The summed E-state index contributed by atoms with van der Waals surface area (Å²) in [7, 11) is 0. The Hall–Kier alpha value is -1.06. The zero-order valence-corrected chi connectivity index (χ0v) is 12.7. The smallest absolute Gasteiger partial charge is 0.246 e. The normalized spacial score (nSPS) is 33.4. The molecule has 3 aliphatic rings. The largest absolute Gasteiger partial charge is 0.342 e. The molecule has 2 aliphatic carbocycles. The number of hydrogen-bond acceptors (Lipinski definition) is 2. The average Bonchev–Trinajstić information content (AvgIpc) is 3.18. The van der Waals surface area contributed by atoms with E-state index in [1.54, 1.807) is 0 Å². The molecule has 0 bridgehead atoms. The Labute approximate surface area is 121 Å². The van der Waals surface area contributed by atoms with Crippen molar-refractivity contribution in [2.75, 3.05) is 6.54 Å². The monoisotopic (exact) mass is 278 g/mol. The summed E-state index contributed by atoms with van der Waals surface area (Å²) in [5.74, 6) is 0.590. The van der Waals surface area contributed by atoms with Crippen LogP contribution < -0.4 is 5.32 Å². The molecule has 3 rings (SSSR count).